The molecular formula is C9H15Cl2Ti-. The van der Waals surface area contributed by atoms with Gasteiger partial charge in [-0.1, -0.05) is 26.2 Å². The Morgan fingerprint density at radius 3 is 2.50 bits per heavy atom. The number of halogens is 2. The van der Waals surface area contributed by atoms with Crippen molar-refractivity contribution in [2.45, 2.75) is 32.6 Å². The molecule has 0 amide bonds. The Bertz CT molecular complexity index is 141. The summed E-state index contributed by atoms with van der Waals surface area (Å²) in [5, 5.41) is 0. The molecule has 1 aliphatic rings. The SMILES string of the molecule is CCCCC1=[C-]CC=C1.Cl.Cl.[Ti]. The van der Waals surface area contributed by atoms with Crippen LogP contribution in [-0.4, -0.2) is 0 Å². The molecule has 0 saturated heterocycles. The second kappa shape index (κ2) is 11.8. The van der Waals surface area contributed by atoms with Crippen LogP contribution in [0.5, 0.6) is 0 Å². The Labute approximate surface area is 103 Å². The van der Waals surface area contributed by atoms with E-state index in [1.807, 2.05) is 0 Å². The van der Waals surface area contributed by atoms with Crippen LogP contribution in [0.1, 0.15) is 32.6 Å². The number of rotatable bonds is 3. The zero-order chi connectivity index (χ0) is 6.53. The first-order chi connectivity index (χ1) is 4.43. The Morgan fingerprint density at radius 2 is 2.08 bits per heavy atom. The van der Waals surface area contributed by atoms with E-state index in [0.29, 0.717) is 0 Å². The first-order valence-electron chi connectivity index (χ1n) is 3.69. The largest absolute Gasteiger partial charge is 0.269 e. The van der Waals surface area contributed by atoms with Gasteiger partial charge in [-0.2, -0.15) is 6.08 Å². The van der Waals surface area contributed by atoms with Crippen molar-refractivity contribution in [1.29, 1.82) is 0 Å². The van der Waals surface area contributed by atoms with Crippen LogP contribution < -0.4 is 0 Å². The fourth-order valence-corrected chi connectivity index (χ4v) is 0.989. The molecule has 70 valence electrons. The van der Waals surface area contributed by atoms with E-state index in [2.05, 4.69) is 25.2 Å². The van der Waals surface area contributed by atoms with E-state index in [1.165, 1.54) is 24.8 Å². The maximum Gasteiger partial charge on any atom is 0 e. The van der Waals surface area contributed by atoms with Crippen molar-refractivity contribution in [2.24, 2.45) is 0 Å². The molecule has 0 radical (unpaired) electrons. The summed E-state index contributed by atoms with van der Waals surface area (Å²) in [6, 6.07) is 0. The first kappa shape index (κ1) is 18.5. The third-order valence-electron chi connectivity index (χ3n) is 1.57. The second-order valence-electron chi connectivity index (χ2n) is 2.41. The van der Waals surface area contributed by atoms with Gasteiger partial charge in [0.2, 0.25) is 0 Å². The summed E-state index contributed by atoms with van der Waals surface area (Å²) in [5.41, 5.74) is 1.41. The van der Waals surface area contributed by atoms with Crippen LogP contribution in [0, 0.1) is 6.08 Å². The Hall–Kier alpha value is 0.774. The quantitative estimate of drug-likeness (QED) is 0.522. The van der Waals surface area contributed by atoms with E-state index < -0.39 is 0 Å². The molecule has 0 bridgehead atoms. The van der Waals surface area contributed by atoms with Crippen LogP contribution in [-0.2, 0) is 21.7 Å². The summed E-state index contributed by atoms with van der Waals surface area (Å²) in [6.07, 6.45) is 12.5. The molecule has 3 heteroatoms. The van der Waals surface area contributed by atoms with E-state index >= 15 is 0 Å². The number of hydrogen-bond donors (Lipinski definition) is 0. The predicted octanol–water partition coefficient (Wildman–Crippen LogP) is 3.71. The summed E-state index contributed by atoms with van der Waals surface area (Å²) in [6.45, 7) is 2.22. The summed E-state index contributed by atoms with van der Waals surface area (Å²) in [7, 11) is 0. The van der Waals surface area contributed by atoms with Crippen molar-refractivity contribution < 1.29 is 21.7 Å². The summed E-state index contributed by atoms with van der Waals surface area (Å²) >= 11 is 0. The van der Waals surface area contributed by atoms with Crippen LogP contribution in [0.2, 0.25) is 0 Å². The molecule has 0 spiro atoms. The molecule has 1 rings (SSSR count). The molecule has 0 N–H and O–H groups in total. The van der Waals surface area contributed by atoms with Crippen LogP contribution in [0.4, 0.5) is 0 Å². The van der Waals surface area contributed by atoms with Gasteiger partial charge in [0.1, 0.15) is 0 Å². The molecule has 0 atom stereocenters. The van der Waals surface area contributed by atoms with Crippen molar-refractivity contribution in [3.8, 4) is 0 Å². The smallest absolute Gasteiger partial charge is 0 e. The summed E-state index contributed by atoms with van der Waals surface area (Å²) in [5.74, 6) is 0. The minimum absolute atomic E-state index is 0. The Balaban J connectivity index is -0.000000270. The molecular weight excluding hydrogens is 227 g/mol. The minimum Gasteiger partial charge on any atom is -0.269 e. The van der Waals surface area contributed by atoms with Gasteiger partial charge in [-0.3, -0.25) is 6.08 Å². The van der Waals surface area contributed by atoms with Gasteiger partial charge in [-0.15, -0.1) is 31.2 Å². The molecule has 0 fully saturated rings. The third-order valence-corrected chi connectivity index (χ3v) is 1.57. The maximum atomic E-state index is 3.30. The van der Waals surface area contributed by atoms with Gasteiger partial charge < -0.3 is 0 Å². The van der Waals surface area contributed by atoms with E-state index in [0.717, 1.165) is 6.42 Å². The summed E-state index contributed by atoms with van der Waals surface area (Å²) < 4.78 is 0. The number of unbranched alkanes of at least 4 members (excludes halogenated alkanes) is 1. The monoisotopic (exact) mass is 241 g/mol. The zero-order valence-electron chi connectivity index (χ0n) is 7.30. The number of allylic oxidation sites excluding steroid dienone is 4. The van der Waals surface area contributed by atoms with Gasteiger partial charge in [0.25, 0.3) is 0 Å². The van der Waals surface area contributed by atoms with E-state index in [4.69, 9.17) is 0 Å². The molecule has 0 aromatic rings. The third kappa shape index (κ3) is 7.42. The molecule has 0 nitrogen and oxygen atoms in total. The average Bonchev–Trinajstić information content (AvgIpc) is 2.34. The van der Waals surface area contributed by atoms with Crippen LogP contribution >= 0.6 is 24.8 Å². The minimum atomic E-state index is 0. The van der Waals surface area contributed by atoms with Gasteiger partial charge in [0.05, 0.1) is 0 Å². The first-order valence-corrected chi connectivity index (χ1v) is 3.69. The second-order valence-corrected chi connectivity index (χ2v) is 2.41. The van der Waals surface area contributed by atoms with Gasteiger partial charge in [0.15, 0.2) is 0 Å². The average molecular weight is 242 g/mol. The van der Waals surface area contributed by atoms with Crippen molar-refractivity contribution in [1.82, 2.24) is 0 Å². The molecule has 0 aromatic carbocycles. The van der Waals surface area contributed by atoms with Gasteiger partial charge in [-0.05, 0) is 0 Å². The van der Waals surface area contributed by atoms with E-state index in [-0.39, 0.29) is 46.5 Å². The molecule has 0 aliphatic heterocycles. The molecule has 12 heavy (non-hydrogen) atoms. The molecule has 1 aliphatic carbocycles. The van der Waals surface area contributed by atoms with Crippen molar-refractivity contribution in [3.05, 3.63) is 23.8 Å². The van der Waals surface area contributed by atoms with Gasteiger partial charge in [0, 0.05) is 21.7 Å². The van der Waals surface area contributed by atoms with E-state index in [9.17, 15) is 0 Å². The van der Waals surface area contributed by atoms with Gasteiger partial charge >= 0.3 is 0 Å². The van der Waals surface area contributed by atoms with Crippen molar-refractivity contribution in [2.75, 3.05) is 0 Å². The fourth-order valence-electron chi connectivity index (χ4n) is 0.989. The molecule has 0 saturated carbocycles. The molecule has 0 unspecified atom stereocenters. The zero-order valence-corrected chi connectivity index (χ0v) is 10.5. The van der Waals surface area contributed by atoms with Crippen LogP contribution in [0.3, 0.4) is 0 Å². The Morgan fingerprint density at radius 1 is 1.42 bits per heavy atom. The maximum absolute atomic E-state index is 3.30. The molecule has 0 heterocycles. The standard InChI is InChI=1S/C9H13.2ClH.Ti/c1-2-3-6-9-7-4-5-8-9;;;/h4,7H,2-3,5-6H2,1H3;2*1H;/q-1;;;. The normalized spacial score (nSPS) is 12.2. The van der Waals surface area contributed by atoms with E-state index in [1.54, 1.807) is 0 Å². The predicted molar refractivity (Wildman–Crippen MR) is 54.5 cm³/mol. The topological polar surface area (TPSA) is 0 Å². The van der Waals surface area contributed by atoms with Crippen molar-refractivity contribution >= 4 is 24.8 Å². The van der Waals surface area contributed by atoms with Crippen LogP contribution in [0.15, 0.2) is 17.7 Å². The molecule has 0 aromatic heterocycles. The van der Waals surface area contributed by atoms with Crippen LogP contribution in [0.25, 0.3) is 0 Å². The fraction of sp³-hybridized carbons (Fsp3) is 0.556. The summed E-state index contributed by atoms with van der Waals surface area (Å²) in [4.78, 5) is 0. The van der Waals surface area contributed by atoms with Gasteiger partial charge in [-0.25, -0.2) is 11.6 Å². The Kier molecular flexibility index (Phi) is 18.2. The van der Waals surface area contributed by atoms with Crippen molar-refractivity contribution in [3.63, 3.8) is 0 Å². The number of hydrogen-bond acceptors (Lipinski definition) is 0.